The Hall–Kier alpha value is -2.79. The molecule has 6 heteroatoms. The number of benzene rings is 2. The van der Waals surface area contributed by atoms with Gasteiger partial charge in [0.2, 0.25) is 5.76 Å². The molecule has 128 valence electrons. The molecule has 25 heavy (non-hydrogen) atoms. The molecular formula is C19H16ClNO4. The third kappa shape index (κ3) is 4.19. The van der Waals surface area contributed by atoms with E-state index >= 15 is 0 Å². The molecule has 5 nitrogen and oxygen atoms in total. The molecule has 0 saturated heterocycles. The van der Waals surface area contributed by atoms with Gasteiger partial charge in [-0.15, -0.1) is 0 Å². The van der Waals surface area contributed by atoms with E-state index in [-0.39, 0.29) is 18.4 Å². The summed E-state index contributed by atoms with van der Waals surface area (Å²) in [6, 6.07) is 15.8. The van der Waals surface area contributed by atoms with Crippen molar-refractivity contribution in [2.24, 2.45) is 0 Å². The average molecular weight is 358 g/mol. The monoisotopic (exact) mass is 357 g/mol. The Labute approximate surface area is 149 Å². The van der Waals surface area contributed by atoms with Crippen LogP contribution in [0.3, 0.4) is 0 Å². The molecule has 0 unspecified atom stereocenters. The fourth-order valence-electron chi connectivity index (χ4n) is 2.43. The Bertz CT molecular complexity index is 885. The molecule has 1 atom stereocenters. The number of esters is 1. The van der Waals surface area contributed by atoms with Gasteiger partial charge in [-0.05, 0) is 36.8 Å². The molecule has 1 heterocycles. The van der Waals surface area contributed by atoms with Crippen molar-refractivity contribution in [1.29, 1.82) is 0 Å². The first kappa shape index (κ1) is 17.0. The second-order valence-corrected chi connectivity index (χ2v) is 6.01. The van der Waals surface area contributed by atoms with Gasteiger partial charge in [0.25, 0.3) is 5.91 Å². The first-order valence-corrected chi connectivity index (χ1v) is 8.11. The van der Waals surface area contributed by atoms with E-state index in [9.17, 15) is 9.59 Å². The van der Waals surface area contributed by atoms with Crippen LogP contribution in [0.15, 0.2) is 59.0 Å². The average Bonchev–Trinajstić information content (AvgIpc) is 3.04. The minimum absolute atomic E-state index is 0.0666. The highest BCUT2D eigenvalue weighted by Crippen LogP contribution is 2.19. The third-order valence-corrected chi connectivity index (χ3v) is 3.92. The Balaban J connectivity index is 1.55. The van der Waals surface area contributed by atoms with Crippen LogP contribution in [0.1, 0.15) is 29.1 Å². The number of halogens is 1. The van der Waals surface area contributed by atoms with E-state index in [4.69, 9.17) is 20.8 Å². The van der Waals surface area contributed by atoms with E-state index in [2.05, 4.69) is 5.32 Å². The summed E-state index contributed by atoms with van der Waals surface area (Å²) in [5.41, 5.74) is 1.46. The fraction of sp³-hybridized carbons (Fsp3) is 0.158. The van der Waals surface area contributed by atoms with Crippen LogP contribution in [0.4, 0.5) is 0 Å². The van der Waals surface area contributed by atoms with E-state index in [1.54, 1.807) is 24.3 Å². The van der Waals surface area contributed by atoms with Crippen LogP contribution in [0.5, 0.6) is 0 Å². The Kier molecular flexibility index (Phi) is 5.05. The largest absolute Gasteiger partial charge is 0.450 e. The predicted molar refractivity (Wildman–Crippen MR) is 94.5 cm³/mol. The smallest absolute Gasteiger partial charge is 0.374 e. The molecule has 0 aliphatic heterocycles. The zero-order valence-electron chi connectivity index (χ0n) is 13.5. The van der Waals surface area contributed by atoms with Crippen LogP contribution in [0.25, 0.3) is 11.0 Å². The highest BCUT2D eigenvalue weighted by Gasteiger charge is 2.16. The minimum atomic E-state index is -0.679. The minimum Gasteiger partial charge on any atom is -0.450 e. The number of carbonyl (C=O) groups is 2. The number of hydrogen-bond acceptors (Lipinski definition) is 4. The maximum atomic E-state index is 12.0. The summed E-state index contributed by atoms with van der Waals surface area (Å²) in [4.78, 5) is 24.0. The summed E-state index contributed by atoms with van der Waals surface area (Å²) in [5.74, 6) is -1.02. The first-order chi connectivity index (χ1) is 12.0. The van der Waals surface area contributed by atoms with Crippen LogP contribution in [-0.2, 0) is 9.53 Å². The molecule has 1 N–H and O–H groups in total. The molecule has 0 spiro atoms. The number of carbonyl (C=O) groups excluding carboxylic acids is 2. The van der Waals surface area contributed by atoms with Crippen molar-refractivity contribution in [2.75, 3.05) is 6.61 Å². The van der Waals surface area contributed by atoms with E-state index in [0.717, 1.165) is 10.9 Å². The molecule has 1 aromatic heterocycles. The van der Waals surface area contributed by atoms with Crippen LogP contribution < -0.4 is 5.32 Å². The first-order valence-electron chi connectivity index (χ1n) is 7.73. The predicted octanol–water partition coefficient (Wildman–Crippen LogP) is 4.12. The standard InChI is InChI=1S/C19H16ClNO4/c1-12(13-6-4-7-15(20)9-13)21-18(22)11-24-19(23)17-10-14-5-2-3-8-16(14)25-17/h2-10,12H,11H2,1H3,(H,21,22)/t12-/m0/s1. The second kappa shape index (κ2) is 7.40. The quantitative estimate of drug-likeness (QED) is 0.697. The van der Waals surface area contributed by atoms with Gasteiger partial charge >= 0.3 is 5.97 Å². The molecule has 2 aromatic carbocycles. The Morgan fingerprint density at radius 1 is 1.16 bits per heavy atom. The fourth-order valence-corrected chi connectivity index (χ4v) is 2.63. The number of nitrogens with one attached hydrogen (secondary N) is 1. The van der Waals surface area contributed by atoms with E-state index in [1.807, 2.05) is 37.3 Å². The number of fused-ring (bicyclic) bond motifs is 1. The highest BCUT2D eigenvalue weighted by atomic mass is 35.5. The van der Waals surface area contributed by atoms with Crippen molar-refractivity contribution >= 4 is 34.4 Å². The molecule has 0 bridgehead atoms. The lowest BCUT2D eigenvalue weighted by Crippen LogP contribution is -2.31. The topological polar surface area (TPSA) is 68.5 Å². The van der Waals surface area contributed by atoms with Gasteiger partial charge in [0.15, 0.2) is 6.61 Å². The van der Waals surface area contributed by atoms with Crippen LogP contribution in [-0.4, -0.2) is 18.5 Å². The molecule has 0 aliphatic rings. The zero-order chi connectivity index (χ0) is 17.8. The van der Waals surface area contributed by atoms with Crippen molar-refractivity contribution < 1.29 is 18.7 Å². The van der Waals surface area contributed by atoms with Gasteiger partial charge in [-0.25, -0.2) is 4.79 Å². The summed E-state index contributed by atoms with van der Waals surface area (Å²) < 4.78 is 10.4. The van der Waals surface area contributed by atoms with Crippen molar-refractivity contribution in [2.45, 2.75) is 13.0 Å². The molecule has 0 radical (unpaired) electrons. The lowest BCUT2D eigenvalue weighted by molar-refractivity contribution is -0.124. The highest BCUT2D eigenvalue weighted by molar-refractivity contribution is 6.30. The van der Waals surface area contributed by atoms with Gasteiger partial charge in [0.05, 0.1) is 6.04 Å². The molecule has 3 aromatic rings. The molecule has 1 amide bonds. The number of furan rings is 1. The molecule has 0 fully saturated rings. The maximum absolute atomic E-state index is 12.0. The number of rotatable bonds is 5. The summed E-state index contributed by atoms with van der Waals surface area (Å²) >= 11 is 5.94. The summed E-state index contributed by atoms with van der Waals surface area (Å²) in [7, 11) is 0. The van der Waals surface area contributed by atoms with Gasteiger partial charge in [0, 0.05) is 10.4 Å². The molecule has 3 rings (SSSR count). The third-order valence-electron chi connectivity index (χ3n) is 3.69. The number of hydrogen-bond donors (Lipinski definition) is 1. The van der Waals surface area contributed by atoms with Gasteiger partial charge in [-0.3, -0.25) is 4.79 Å². The lowest BCUT2D eigenvalue weighted by atomic mass is 10.1. The lowest BCUT2D eigenvalue weighted by Gasteiger charge is -2.14. The SMILES string of the molecule is C[C@H](NC(=O)COC(=O)c1cc2ccccc2o1)c1cccc(Cl)c1. The van der Waals surface area contributed by atoms with Crippen LogP contribution in [0.2, 0.25) is 5.02 Å². The number of ether oxygens (including phenoxy) is 1. The second-order valence-electron chi connectivity index (χ2n) is 5.57. The molecule has 0 saturated carbocycles. The number of amides is 1. The van der Waals surface area contributed by atoms with E-state index in [0.29, 0.717) is 10.6 Å². The summed E-state index contributed by atoms with van der Waals surface area (Å²) in [6.45, 7) is 1.44. The summed E-state index contributed by atoms with van der Waals surface area (Å²) in [6.07, 6.45) is 0. The molecular weight excluding hydrogens is 342 g/mol. The van der Waals surface area contributed by atoms with Gasteiger partial charge in [-0.2, -0.15) is 0 Å². The summed E-state index contributed by atoms with van der Waals surface area (Å²) in [5, 5.41) is 4.14. The molecule has 0 aliphatic carbocycles. The van der Waals surface area contributed by atoms with Crippen LogP contribution >= 0.6 is 11.6 Å². The number of para-hydroxylation sites is 1. The van der Waals surface area contributed by atoms with Crippen molar-refractivity contribution in [3.63, 3.8) is 0 Å². The van der Waals surface area contributed by atoms with Crippen molar-refractivity contribution in [1.82, 2.24) is 5.32 Å². The maximum Gasteiger partial charge on any atom is 0.374 e. The van der Waals surface area contributed by atoms with Gasteiger partial charge in [0.1, 0.15) is 5.58 Å². The Morgan fingerprint density at radius 2 is 1.96 bits per heavy atom. The van der Waals surface area contributed by atoms with Crippen molar-refractivity contribution in [3.8, 4) is 0 Å². The zero-order valence-corrected chi connectivity index (χ0v) is 14.2. The normalized spacial score (nSPS) is 11.9. The Morgan fingerprint density at radius 3 is 2.72 bits per heavy atom. The van der Waals surface area contributed by atoms with Gasteiger partial charge < -0.3 is 14.5 Å². The van der Waals surface area contributed by atoms with Crippen LogP contribution in [0, 0.1) is 0 Å². The van der Waals surface area contributed by atoms with E-state index in [1.165, 1.54) is 0 Å². The van der Waals surface area contributed by atoms with Gasteiger partial charge in [-0.1, -0.05) is 41.9 Å². The van der Waals surface area contributed by atoms with E-state index < -0.39 is 11.9 Å². The van der Waals surface area contributed by atoms with Crippen molar-refractivity contribution in [3.05, 3.63) is 70.9 Å².